The molecule has 0 unspecified atom stereocenters. The predicted octanol–water partition coefficient (Wildman–Crippen LogP) is 3.43. The van der Waals surface area contributed by atoms with E-state index in [4.69, 9.17) is 0 Å². The van der Waals surface area contributed by atoms with Gasteiger partial charge in [-0.3, -0.25) is 4.68 Å². The maximum atomic E-state index is 4.60. The number of rotatable bonds is 3. The van der Waals surface area contributed by atoms with E-state index in [0.717, 1.165) is 36.3 Å². The summed E-state index contributed by atoms with van der Waals surface area (Å²) in [4.78, 5) is 4.77. The minimum atomic E-state index is 0.889. The van der Waals surface area contributed by atoms with E-state index in [1.165, 1.54) is 17.1 Å². The number of hydrogen-bond acceptors (Lipinski definition) is 3. The van der Waals surface area contributed by atoms with E-state index in [0.29, 0.717) is 0 Å². The lowest BCUT2D eigenvalue weighted by molar-refractivity contribution is 0.600. The Kier molecular flexibility index (Phi) is 3.93. The number of anilines is 2. The molecule has 0 N–H and O–H groups in total. The molecule has 1 aromatic heterocycles. The van der Waals surface area contributed by atoms with Crippen molar-refractivity contribution in [2.24, 2.45) is 0 Å². The molecule has 0 radical (unpaired) electrons. The summed E-state index contributed by atoms with van der Waals surface area (Å²) in [7, 11) is 2.16. The van der Waals surface area contributed by atoms with E-state index in [2.05, 4.69) is 80.7 Å². The zero-order valence-electron chi connectivity index (χ0n) is 12.8. The maximum Gasteiger partial charge on any atom is 0.0739 e. The molecule has 0 spiro atoms. The third-order valence-corrected chi connectivity index (χ3v) is 5.16. The average Bonchev–Trinajstić information content (AvgIpc) is 2.78. The summed E-state index contributed by atoms with van der Waals surface area (Å²) < 4.78 is 3.24. The monoisotopic (exact) mass is 348 g/mol. The van der Waals surface area contributed by atoms with E-state index >= 15 is 0 Å². The summed E-state index contributed by atoms with van der Waals surface area (Å²) in [5, 5.41) is 4.60. The molecule has 1 aliphatic rings. The summed E-state index contributed by atoms with van der Waals surface area (Å²) in [5.74, 6) is 0. The van der Waals surface area contributed by atoms with Crippen LogP contribution in [-0.2, 0) is 13.1 Å². The Bertz CT molecular complexity index is 650. The SMILES string of the molecule is CCn1nc(C)c(Br)c1CN1CCN(C)c2ccccc21. The van der Waals surface area contributed by atoms with Gasteiger partial charge in [0.05, 0.1) is 33.8 Å². The van der Waals surface area contributed by atoms with Crippen LogP contribution in [-0.4, -0.2) is 29.9 Å². The first-order chi connectivity index (χ1) is 10.1. The molecule has 0 atom stereocenters. The summed E-state index contributed by atoms with van der Waals surface area (Å²) in [6, 6.07) is 8.62. The summed E-state index contributed by atoms with van der Waals surface area (Å²) in [6.07, 6.45) is 0. The zero-order chi connectivity index (χ0) is 15.0. The molecule has 2 heterocycles. The standard InChI is InChI=1S/C16H21BrN4/c1-4-21-15(16(17)12(2)18-21)11-20-10-9-19(3)13-7-5-6-8-14(13)20/h5-8H,4,9-11H2,1-3H3. The number of aromatic nitrogens is 2. The minimum absolute atomic E-state index is 0.889. The lowest BCUT2D eigenvalue weighted by Gasteiger charge is -2.37. The Morgan fingerprint density at radius 2 is 1.90 bits per heavy atom. The van der Waals surface area contributed by atoms with Gasteiger partial charge in [-0.15, -0.1) is 0 Å². The Morgan fingerprint density at radius 3 is 2.62 bits per heavy atom. The van der Waals surface area contributed by atoms with E-state index in [1.807, 2.05) is 0 Å². The molecule has 112 valence electrons. The fourth-order valence-corrected chi connectivity index (χ4v) is 3.34. The van der Waals surface area contributed by atoms with Gasteiger partial charge in [-0.25, -0.2) is 0 Å². The molecule has 2 aromatic rings. The first-order valence-corrected chi connectivity index (χ1v) is 8.18. The predicted molar refractivity (Wildman–Crippen MR) is 91.1 cm³/mol. The highest BCUT2D eigenvalue weighted by Crippen LogP contribution is 2.34. The maximum absolute atomic E-state index is 4.60. The van der Waals surface area contributed by atoms with Crippen LogP contribution in [0, 0.1) is 6.92 Å². The quantitative estimate of drug-likeness (QED) is 0.849. The van der Waals surface area contributed by atoms with Gasteiger partial charge >= 0.3 is 0 Å². The van der Waals surface area contributed by atoms with Gasteiger partial charge in [-0.2, -0.15) is 5.10 Å². The third-order valence-electron chi connectivity index (χ3n) is 4.13. The van der Waals surface area contributed by atoms with Gasteiger partial charge in [-0.1, -0.05) is 12.1 Å². The van der Waals surface area contributed by atoms with Crippen LogP contribution in [0.2, 0.25) is 0 Å². The van der Waals surface area contributed by atoms with Crippen molar-refractivity contribution in [1.29, 1.82) is 0 Å². The Labute approximate surface area is 134 Å². The van der Waals surface area contributed by atoms with Crippen molar-refractivity contribution in [3.8, 4) is 0 Å². The first kappa shape index (κ1) is 14.4. The average molecular weight is 349 g/mol. The molecule has 0 saturated heterocycles. The van der Waals surface area contributed by atoms with Crippen LogP contribution in [0.15, 0.2) is 28.7 Å². The van der Waals surface area contributed by atoms with E-state index in [1.54, 1.807) is 0 Å². The molecule has 21 heavy (non-hydrogen) atoms. The third kappa shape index (κ3) is 2.55. The Balaban J connectivity index is 1.95. The van der Waals surface area contributed by atoms with E-state index in [-0.39, 0.29) is 0 Å². The summed E-state index contributed by atoms with van der Waals surface area (Å²) >= 11 is 3.70. The van der Waals surface area contributed by atoms with Crippen LogP contribution < -0.4 is 9.80 Å². The molecular weight excluding hydrogens is 328 g/mol. The second kappa shape index (κ2) is 5.72. The lowest BCUT2D eigenvalue weighted by Crippen LogP contribution is -2.39. The second-order valence-corrected chi connectivity index (χ2v) is 6.29. The largest absolute Gasteiger partial charge is 0.371 e. The van der Waals surface area contributed by atoms with Crippen molar-refractivity contribution in [2.45, 2.75) is 26.9 Å². The van der Waals surface area contributed by atoms with Crippen molar-refractivity contribution >= 4 is 27.3 Å². The molecule has 0 fully saturated rings. The molecule has 0 aliphatic carbocycles. The van der Waals surface area contributed by atoms with Gasteiger partial charge in [0, 0.05) is 26.7 Å². The van der Waals surface area contributed by atoms with E-state index in [9.17, 15) is 0 Å². The highest BCUT2D eigenvalue weighted by molar-refractivity contribution is 9.10. The van der Waals surface area contributed by atoms with Crippen molar-refractivity contribution < 1.29 is 0 Å². The first-order valence-electron chi connectivity index (χ1n) is 7.38. The molecule has 1 aromatic carbocycles. The van der Waals surface area contributed by atoms with Gasteiger partial charge in [0.25, 0.3) is 0 Å². The van der Waals surface area contributed by atoms with Crippen LogP contribution in [0.4, 0.5) is 11.4 Å². The van der Waals surface area contributed by atoms with Crippen molar-refractivity contribution in [3.05, 3.63) is 40.1 Å². The minimum Gasteiger partial charge on any atom is -0.371 e. The molecule has 0 amide bonds. The molecule has 0 bridgehead atoms. The number of para-hydroxylation sites is 2. The van der Waals surface area contributed by atoms with Gasteiger partial charge < -0.3 is 9.80 Å². The fraction of sp³-hybridized carbons (Fsp3) is 0.438. The van der Waals surface area contributed by atoms with Crippen molar-refractivity contribution in [1.82, 2.24) is 9.78 Å². The number of likely N-dealkylation sites (N-methyl/N-ethyl adjacent to an activating group) is 1. The van der Waals surface area contributed by atoms with Gasteiger partial charge in [0.2, 0.25) is 0 Å². The smallest absolute Gasteiger partial charge is 0.0739 e. The number of halogens is 1. The summed E-state index contributed by atoms with van der Waals surface area (Å²) in [5.41, 5.74) is 4.93. The molecule has 1 aliphatic heterocycles. The molecule has 4 nitrogen and oxygen atoms in total. The molecular formula is C16H21BrN4. The molecule has 3 rings (SSSR count). The number of hydrogen-bond donors (Lipinski definition) is 0. The van der Waals surface area contributed by atoms with Crippen LogP contribution in [0.25, 0.3) is 0 Å². The number of benzene rings is 1. The van der Waals surface area contributed by atoms with Crippen molar-refractivity contribution in [3.63, 3.8) is 0 Å². The van der Waals surface area contributed by atoms with Crippen LogP contribution in [0.1, 0.15) is 18.3 Å². The van der Waals surface area contributed by atoms with Gasteiger partial charge in [0.1, 0.15) is 0 Å². The highest BCUT2D eigenvalue weighted by Gasteiger charge is 2.22. The number of nitrogens with zero attached hydrogens (tertiary/aromatic N) is 4. The lowest BCUT2D eigenvalue weighted by atomic mass is 10.1. The Morgan fingerprint density at radius 1 is 1.19 bits per heavy atom. The van der Waals surface area contributed by atoms with Crippen LogP contribution in [0.5, 0.6) is 0 Å². The van der Waals surface area contributed by atoms with E-state index < -0.39 is 0 Å². The molecule has 0 saturated carbocycles. The number of aryl methyl sites for hydroxylation is 2. The van der Waals surface area contributed by atoms with Gasteiger partial charge in [0.15, 0.2) is 0 Å². The zero-order valence-corrected chi connectivity index (χ0v) is 14.4. The molecule has 5 heteroatoms. The fourth-order valence-electron chi connectivity index (χ4n) is 2.93. The highest BCUT2D eigenvalue weighted by atomic mass is 79.9. The number of fused-ring (bicyclic) bond motifs is 1. The van der Waals surface area contributed by atoms with Crippen molar-refractivity contribution in [2.75, 3.05) is 29.9 Å². The Hall–Kier alpha value is -1.49. The van der Waals surface area contributed by atoms with Crippen LogP contribution >= 0.6 is 15.9 Å². The topological polar surface area (TPSA) is 24.3 Å². The second-order valence-electron chi connectivity index (χ2n) is 5.49. The van der Waals surface area contributed by atoms with Crippen LogP contribution in [0.3, 0.4) is 0 Å². The van der Waals surface area contributed by atoms with Gasteiger partial charge in [-0.05, 0) is 41.9 Å². The summed E-state index contributed by atoms with van der Waals surface area (Å²) in [6.45, 7) is 8.07. The normalized spacial score (nSPS) is 14.5.